The maximum Gasteiger partial charge on any atom is 0.284 e. The number of aryl methyl sites for hydroxylation is 2. The van der Waals surface area contributed by atoms with Crippen LogP contribution in [0.3, 0.4) is 0 Å². The molecule has 4 aromatic rings. The van der Waals surface area contributed by atoms with Gasteiger partial charge >= 0.3 is 0 Å². The first-order chi connectivity index (χ1) is 21.8. The maximum absolute atomic E-state index is 12.8. The SMILES string of the molecule is Cc1nc2cccc([N+](=O)[O-])c2c(=O)n1C1CCC(=O)CC1=O.Cc1nc2cccc([N+](=O)[O-])c2c(=O)n1C1CCC(=O)CC1=O.Cl. The summed E-state index contributed by atoms with van der Waals surface area (Å²) in [7, 11) is 0. The molecule has 0 radical (unpaired) electrons. The van der Waals surface area contributed by atoms with Gasteiger partial charge in [-0.05, 0) is 38.8 Å². The van der Waals surface area contributed by atoms with Crippen molar-refractivity contribution in [1.29, 1.82) is 0 Å². The Morgan fingerprint density at radius 2 is 1.02 bits per heavy atom. The zero-order chi connectivity index (χ0) is 33.4. The fourth-order valence-electron chi connectivity index (χ4n) is 5.98. The van der Waals surface area contributed by atoms with Crippen LogP contribution in [0.1, 0.15) is 62.3 Å². The Kier molecular flexibility index (Phi) is 9.84. The molecule has 2 atom stereocenters. The van der Waals surface area contributed by atoms with Gasteiger partial charge in [0.25, 0.3) is 22.5 Å². The highest BCUT2D eigenvalue weighted by Crippen LogP contribution is 2.28. The lowest BCUT2D eigenvalue weighted by Gasteiger charge is -2.23. The Labute approximate surface area is 270 Å². The van der Waals surface area contributed by atoms with Crippen molar-refractivity contribution in [2.24, 2.45) is 0 Å². The van der Waals surface area contributed by atoms with Gasteiger partial charge in [-0.2, -0.15) is 0 Å². The van der Waals surface area contributed by atoms with Crippen molar-refractivity contribution in [3.05, 3.63) is 89.0 Å². The third-order valence-electron chi connectivity index (χ3n) is 8.06. The van der Waals surface area contributed by atoms with Crippen molar-refractivity contribution in [1.82, 2.24) is 19.1 Å². The number of ketones is 4. The van der Waals surface area contributed by atoms with E-state index in [1.165, 1.54) is 45.5 Å². The van der Waals surface area contributed by atoms with Crippen molar-refractivity contribution >= 4 is 68.7 Å². The Hall–Kier alpha value is -5.51. The molecular formula is C30H27ClN6O10. The van der Waals surface area contributed by atoms with E-state index in [1.54, 1.807) is 13.8 Å². The van der Waals surface area contributed by atoms with Crippen molar-refractivity contribution in [3.8, 4) is 0 Å². The molecule has 0 N–H and O–H groups in total. The Balaban J connectivity index is 0.000000208. The second-order valence-corrected chi connectivity index (χ2v) is 11.0. The van der Waals surface area contributed by atoms with E-state index in [1.807, 2.05) is 0 Å². The fraction of sp³-hybridized carbons (Fsp3) is 0.333. The van der Waals surface area contributed by atoms with Gasteiger partial charge in [-0.15, -0.1) is 12.4 Å². The molecule has 2 fully saturated rings. The van der Waals surface area contributed by atoms with Gasteiger partial charge in [-0.25, -0.2) is 9.97 Å². The van der Waals surface area contributed by atoms with Crippen LogP contribution in [-0.2, 0) is 19.2 Å². The second kappa shape index (κ2) is 13.5. The first kappa shape index (κ1) is 34.4. The van der Waals surface area contributed by atoms with E-state index in [0.29, 0.717) is 11.6 Å². The number of hydrogen-bond acceptors (Lipinski definition) is 12. The van der Waals surface area contributed by atoms with E-state index in [4.69, 9.17) is 0 Å². The van der Waals surface area contributed by atoms with Crippen molar-refractivity contribution in [3.63, 3.8) is 0 Å². The van der Waals surface area contributed by atoms with Crippen LogP contribution in [0, 0.1) is 34.1 Å². The molecule has 0 bridgehead atoms. The first-order valence-corrected chi connectivity index (χ1v) is 14.2. The number of nitro benzene ring substituents is 2. The van der Waals surface area contributed by atoms with Gasteiger partial charge in [0.15, 0.2) is 11.6 Å². The Morgan fingerprint density at radius 1 is 0.660 bits per heavy atom. The number of halogens is 1. The Morgan fingerprint density at radius 3 is 1.34 bits per heavy atom. The number of nitro groups is 2. The second-order valence-electron chi connectivity index (χ2n) is 11.0. The molecule has 0 aliphatic heterocycles. The van der Waals surface area contributed by atoms with E-state index in [0.717, 1.165) is 0 Å². The van der Waals surface area contributed by atoms with Gasteiger partial charge in [-0.3, -0.25) is 58.1 Å². The normalized spacial score (nSPS) is 18.0. The molecule has 0 amide bonds. The monoisotopic (exact) mass is 666 g/mol. The van der Waals surface area contributed by atoms with Gasteiger partial charge in [0.1, 0.15) is 34.0 Å². The number of carbonyl (C=O) groups is 4. The molecule has 0 saturated heterocycles. The standard InChI is InChI=1S/2C15H13N3O5.ClH/c2*1-8-16-10-3-2-4-12(18(22)23)14(10)15(21)17(8)11-6-5-9(19)7-13(11)20;/h2*2-4,11H,5-7H2,1H3;1H. The summed E-state index contributed by atoms with van der Waals surface area (Å²) in [5.74, 6) is -0.419. The third kappa shape index (κ3) is 6.44. The van der Waals surface area contributed by atoms with Crippen LogP contribution in [0.5, 0.6) is 0 Å². The lowest BCUT2D eigenvalue weighted by atomic mass is 9.92. The number of hydrogen-bond donors (Lipinski definition) is 0. The minimum absolute atomic E-state index is 0. The Bertz CT molecular complexity index is 1990. The molecule has 17 heteroatoms. The summed E-state index contributed by atoms with van der Waals surface area (Å²) in [5.41, 5.74) is -1.48. The molecule has 2 aliphatic rings. The molecule has 2 aromatic heterocycles. The smallest absolute Gasteiger partial charge is 0.284 e. The highest BCUT2D eigenvalue weighted by molar-refractivity contribution is 6.04. The zero-order valence-electron chi connectivity index (χ0n) is 25.0. The summed E-state index contributed by atoms with van der Waals surface area (Å²) in [6, 6.07) is 6.84. The molecule has 2 unspecified atom stereocenters. The largest absolute Gasteiger partial charge is 0.299 e. The maximum atomic E-state index is 12.8. The number of rotatable bonds is 4. The molecule has 47 heavy (non-hydrogen) atoms. The van der Waals surface area contributed by atoms with Crippen LogP contribution in [-0.4, -0.2) is 52.1 Å². The average molecular weight is 667 g/mol. The quantitative estimate of drug-likeness (QED) is 0.174. The predicted molar refractivity (Wildman–Crippen MR) is 168 cm³/mol. The van der Waals surface area contributed by atoms with Gasteiger partial charge in [0, 0.05) is 25.0 Å². The highest BCUT2D eigenvalue weighted by Gasteiger charge is 2.33. The van der Waals surface area contributed by atoms with Gasteiger partial charge < -0.3 is 0 Å². The summed E-state index contributed by atoms with van der Waals surface area (Å²) >= 11 is 0. The number of nitrogens with zero attached hydrogens (tertiary/aromatic N) is 6. The number of Topliss-reactive ketones (excluding diaryl/α,β-unsaturated/α-hetero) is 4. The van der Waals surface area contributed by atoms with E-state index in [-0.39, 0.29) is 107 Å². The molecule has 16 nitrogen and oxygen atoms in total. The summed E-state index contributed by atoms with van der Waals surface area (Å²) in [4.78, 5) is 102. The van der Waals surface area contributed by atoms with Crippen LogP contribution in [0.25, 0.3) is 21.8 Å². The molecule has 244 valence electrons. The lowest BCUT2D eigenvalue weighted by Crippen LogP contribution is -2.36. The summed E-state index contributed by atoms with van der Waals surface area (Å²) in [6.45, 7) is 3.15. The average Bonchev–Trinajstić information content (AvgIpc) is 2.98. The van der Waals surface area contributed by atoms with Gasteiger partial charge in [0.05, 0.1) is 45.8 Å². The van der Waals surface area contributed by atoms with Crippen LogP contribution < -0.4 is 11.1 Å². The number of benzene rings is 2. The lowest BCUT2D eigenvalue weighted by molar-refractivity contribution is -0.383. The summed E-state index contributed by atoms with van der Waals surface area (Å²) in [6.07, 6.45) is 0.407. The van der Waals surface area contributed by atoms with Crippen LogP contribution in [0.2, 0.25) is 0 Å². The topological polar surface area (TPSA) is 224 Å². The van der Waals surface area contributed by atoms with Crippen molar-refractivity contribution in [2.45, 2.75) is 64.5 Å². The number of carbonyl (C=O) groups excluding carboxylic acids is 4. The van der Waals surface area contributed by atoms with Gasteiger partial charge in [-0.1, -0.05) is 12.1 Å². The number of aromatic nitrogens is 4. The van der Waals surface area contributed by atoms with E-state index >= 15 is 0 Å². The molecule has 6 rings (SSSR count). The molecule has 2 saturated carbocycles. The summed E-state index contributed by atoms with van der Waals surface area (Å²) < 4.78 is 2.37. The fourth-order valence-corrected chi connectivity index (χ4v) is 5.98. The molecular weight excluding hydrogens is 640 g/mol. The van der Waals surface area contributed by atoms with Crippen LogP contribution >= 0.6 is 12.4 Å². The number of non-ortho nitro benzene ring substituents is 2. The first-order valence-electron chi connectivity index (χ1n) is 14.2. The van der Waals surface area contributed by atoms with E-state index < -0.39 is 33.0 Å². The summed E-state index contributed by atoms with van der Waals surface area (Å²) in [5, 5.41) is 22.1. The van der Waals surface area contributed by atoms with E-state index in [9.17, 15) is 49.0 Å². The van der Waals surface area contributed by atoms with Crippen molar-refractivity contribution < 1.29 is 29.0 Å². The zero-order valence-corrected chi connectivity index (χ0v) is 25.9. The molecule has 2 aromatic carbocycles. The number of fused-ring (bicyclic) bond motifs is 2. The van der Waals surface area contributed by atoms with Gasteiger partial charge in [0.2, 0.25) is 0 Å². The van der Waals surface area contributed by atoms with Crippen LogP contribution in [0.4, 0.5) is 11.4 Å². The highest BCUT2D eigenvalue weighted by atomic mass is 35.5. The third-order valence-corrected chi connectivity index (χ3v) is 8.06. The van der Waals surface area contributed by atoms with Crippen molar-refractivity contribution in [2.75, 3.05) is 0 Å². The predicted octanol–water partition coefficient (Wildman–Crippen LogP) is 3.37. The van der Waals surface area contributed by atoms with Crippen LogP contribution in [0.15, 0.2) is 46.0 Å². The minimum atomic E-state index is -0.795. The minimum Gasteiger partial charge on any atom is -0.299 e. The van der Waals surface area contributed by atoms with E-state index in [2.05, 4.69) is 9.97 Å². The molecule has 2 aliphatic carbocycles. The molecule has 2 heterocycles. The molecule has 0 spiro atoms.